The van der Waals surface area contributed by atoms with Gasteiger partial charge in [-0.05, 0) is 37.0 Å². The van der Waals surface area contributed by atoms with E-state index < -0.39 is 10.0 Å². The molecular formula is C19H25CuN4O2S-3. The number of hydrogen-bond acceptors (Lipinski definition) is 2. The smallest absolute Gasteiger partial charge is 0.243 e. The van der Waals surface area contributed by atoms with Gasteiger partial charge in [-0.15, -0.1) is 13.1 Å². The van der Waals surface area contributed by atoms with Crippen LogP contribution in [0.2, 0.25) is 0 Å². The largest absolute Gasteiger partial charge is 0.665 e. The second kappa shape index (κ2) is 10.5. The molecule has 2 aromatic carbocycles. The molecule has 0 bridgehead atoms. The molecular weight excluding hydrogens is 412 g/mol. The van der Waals surface area contributed by atoms with E-state index in [2.05, 4.69) is 16.0 Å². The molecule has 0 saturated carbocycles. The zero-order chi connectivity index (χ0) is 18.4. The molecule has 0 spiro atoms. The van der Waals surface area contributed by atoms with Crippen LogP contribution < -0.4 is 0 Å². The van der Waals surface area contributed by atoms with Gasteiger partial charge >= 0.3 is 0 Å². The Kier molecular flexibility index (Phi) is 8.69. The summed E-state index contributed by atoms with van der Waals surface area (Å²) in [5.41, 5.74) is 1.07. The predicted molar refractivity (Wildman–Crippen MR) is 107 cm³/mol. The van der Waals surface area contributed by atoms with Gasteiger partial charge in [-0.3, -0.25) is 0 Å². The molecule has 1 saturated heterocycles. The standard InChI is InChI=1S/C19H25N4O2S.Cu/c1-16-4-2-6-18-17(16)5-3-7-19(18)26(24,25)23-14-12-21-10-8-20-9-11-22-13-15-23;/h2-7H,8-15H2,1H3;/q-3;/i;1+0. The first-order valence-electron chi connectivity index (χ1n) is 8.99. The fourth-order valence-electron chi connectivity index (χ4n) is 3.14. The van der Waals surface area contributed by atoms with E-state index in [1.807, 2.05) is 37.3 Å². The molecule has 1 radical (unpaired) electrons. The molecule has 1 aliphatic heterocycles. The summed E-state index contributed by atoms with van der Waals surface area (Å²) in [7, 11) is -3.60. The van der Waals surface area contributed by atoms with Gasteiger partial charge < -0.3 is 16.0 Å². The van der Waals surface area contributed by atoms with Crippen molar-refractivity contribution in [1.82, 2.24) is 4.31 Å². The van der Waals surface area contributed by atoms with Crippen LogP contribution in [-0.2, 0) is 27.1 Å². The molecule has 8 heteroatoms. The van der Waals surface area contributed by atoms with Crippen LogP contribution in [0.15, 0.2) is 41.3 Å². The normalized spacial score (nSPS) is 18.3. The van der Waals surface area contributed by atoms with Gasteiger partial charge in [0, 0.05) is 22.5 Å². The van der Waals surface area contributed by atoms with Crippen LogP contribution in [0.5, 0.6) is 0 Å². The van der Waals surface area contributed by atoms with Crippen molar-refractivity contribution in [2.45, 2.75) is 11.8 Å². The molecule has 0 N–H and O–H groups in total. The van der Waals surface area contributed by atoms with E-state index in [1.54, 1.807) is 6.07 Å². The number of sulfonamides is 1. The predicted octanol–water partition coefficient (Wildman–Crippen LogP) is 3.27. The van der Waals surface area contributed by atoms with Gasteiger partial charge in [0.25, 0.3) is 0 Å². The third kappa shape index (κ3) is 5.51. The molecule has 0 atom stereocenters. The summed E-state index contributed by atoms with van der Waals surface area (Å²) < 4.78 is 28.2. The summed E-state index contributed by atoms with van der Waals surface area (Å²) in [6.45, 7) is 6.37. The maximum atomic E-state index is 13.4. The average molecular weight is 437 g/mol. The zero-order valence-corrected chi connectivity index (χ0v) is 17.2. The Hall–Kier alpha value is -0.991. The molecule has 1 heterocycles. The maximum absolute atomic E-state index is 13.4. The van der Waals surface area contributed by atoms with Crippen molar-refractivity contribution in [3.05, 3.63) is 57.9 Å². The fourth-order valence-corrected chi connectivity index (χ4v) is 4.77. The van der Waals surface area contributed by atoms with Crippen LogP contribution >= 0.6 is 0 Å². The first kappa shape index (κ1) is 22.3. The van der Waals surface area contributed by atoms with Crippen LogP contribution in [0.3, 0.4) is 0 Å². The first-order chi connectivity index (χ1) is 12.6. The molecule has 27 heavy (non-hydrogen) atoms. The molecule has 0 unspecified atom stereocenters. The van der Waals surface area contributed by atoms with Crippen molar-refractivity contribution in [2.75, 3.05) is 52.4 Å². The van der Waals surface area contributed by atoms with Crippen molar-refractivity contribution in [2.24, 2.45) is 0 Å². The van der Waals surface area contributed by atoms with Crippen LogP contribution in [0.4, 0.5) is 0 Å². The van der Waals surface area contributed by atoms with Crippen molar-refractivity contribution < 1.29 is 25.5 Å². The van der Waals surface area contributed by atoms with Crippen LogP contribution in [0, 0.1) is 6.92 Å². The minimum atomic E-state index is -3.60. The molecule has 3 rings (SSSR count). The van der Waals surface area contributed by atoms with Gasteiger partial charge in [0.05, 0.1) is 4.90 Å². The van der Waals surface area contributed by atoms with E-state index >= 15 is 0 Å². The Morgan fingerprint density at radius 2 is 1.30 bits per heavy atom. The fraction of sp³-hybridized carbons (Fsp3) is 0.474. The van der Waals surface area contributed by atoms with Gasteiger partial charge in [-0.1, -0.05) is 30.3 Å². The number of nitrogens with zero attached hydrogens (tertiary/aromatic N) is 4. The van der Waals surface area contributed by atoms with E-state index in [1.165, 1.54) is 4.31 Å². The van der Waals surface area contributed by atoms with E-state index in [0.29, 0.717) is 57.3 Å². The second-order valence-electron chi connectivity index (χ2n) is 6.34. The van der Waals surface area contributed by atoms with Crippen LogP contribution in [0.1, 0.15) is 5.56 Å². The third-order valence-electron chi connectivity index (χ3n) is 4.57. The topological polar surface area (TPSA) is 79.7 Å². The average Bonchev–Trinajstić information content (AvgIpc) is 2.62. The summed E-state index contributed by atoms with van der Waals surface area (Å²) in [6, 6.07) is 11.3. The van der Waals surface area contributed by atoms with E-state index in [-0.39, 0.29) is 17.1 Å². The van der Waals surface area contributed by atoms with E-state index in [4.69, 9.17) is 0 Å². The van der Waals surface area contributed by atoms with Gasteiger partial charge in [-0.2, -0.15) is 26.2 Å². The second-order valence-corrected chi connectivity index (χ2v) is 8.25. The van der Waals surface area contributed by atoms with Crippen LogP contribution in [0.25, 0.3) is 26.7 Å². The van der Waals surface area contributed by atoms with Gasteiger partial charge in [0.1, 0.15) is 0 Å². The molecule has 1 aliphatic rings. The van der Waals surface area contributed by atoms with Gasteiger partial charge in [-0.25, -0.2) is 12.7 Å². The number of hydrogen-bond donors (Lipinski definition) is 0. The van der Waals surface area contributed by atoms with Gasteiger partial charge in [0.15, 0.2) is 0 Å². The number of fused-ring (bicyclic) bond motifs is 1. The number of rotatable bonds is 2. The van der Waals surface area contributed by atoms with E-state index in [9.17, 15) is 8.42 Å². The molecule has 0 aliphatic carbocycles. The van der Waals surface area contributed by atoms with Crippen molar-refractivity contribution >= 4 is 20.8 Å². The summed E-state index contributed by atoms with van der Waals surface area (Å²) in [4.78, 5) is 0.362. The Morgan fingerprint density at radius 1 is 0.778 bits per heavy atom. The Morgan fingerprint density at radius 3 is 1.93 bits per heavy atom. The zero-order valence-electron chi connectivity index (χ0n) is 15.4. The minimum absolute atomic E-state index is 0. The molecule has 0 aromatic heterocycles. The molecule has 0 amide bonds. The van der Waals surface area contributed by atoms with Crippen LogP contribution in [-0.4, -0.2) is 65.1 Å². The van der Waals surface area contributed by atoms with Crippen molar-refractivity contribution in [1.29, 1.82) is 0 Å². The number of aryl methyl sites for hydroxylation is 1. The maximum Gasteiger partial charge on any atom is 0.243 e. The third-order valence-corrected chi connectivity index (χ3v) is 6.52. The SMILES string of the molecule is Cc1cccc2c(S(=O)(=O)N3CC[N-]CC[N-]CC[N-]CC3)cccc12.[64Cu]. The Balaban J connectivity index is 0.00000261. The molecule has 2 aromatic rings. The monoisotopic (exact) mass is 437 g/mol. The minimum Gasteiger partial charge on any atom is -0.665 e. The van der Waals surface area contributed by atoms with Gasteiger partial charge in [0.2, 0.25) is 10.0 Å². The quantitative estimate of drug-likeness (QED) is 0.676. The number of benzene rings is 2. The molecule has 1 fully saturated rings. The summed E-state index contributed by atoms with van der Waals surface area (Å²) in [5.74, 6) is 0. The van der Waals surface area contributed by atoms with Crippen molar-refractivity contribution in [3.8, 4) is 0 Å². The summed E-state index contributed by atoms with van der Waals surface area (Å²) >= 11 is 0. The molecule has 153 valence electrons. The summed E-state index contributed by atoms with van der Waals surface area (Å²) in [6.07, 6.45) is 0. The first-order valence-corrected chi connectivity index (χ1v) is 10.4. The Labute approximate surface area is 172 Å². The summed E-state index contributed by atoms with van der Waals surface area (Å²) in [5, 5.41) is 14.9. The molecule has 6 nitrogen and oxygen atoms in total. The Bertz CT molecular complexity index is 833. The van der Waals surface area contributed by atoms with E-state index in [0.717, 1.165) is 16.3 Å². The van der Waals surface area contributed by atoms with Crippen molar-refractivity contribution in [3.63, 3.8) is 0 Å².